The molecule has 184 valence electrons. The van der Waals surface area contributed by atoms with Crippen molar-refractivity contribution in [2.45, 2.75) is 6.54 Å². The van der Waals surface area contributed by atoms with Crippen LogP contribution in [0.15, 0.2) is 71.5 Å². The van der Waals surface area contributed by atoms with E-state index in [1.54, 1.807) is 47.2 Å². The molecule has 3 aromatic carbocycles. The van der Waals surface area contributed by atoms with E-state index in [4.69, 9.17) is 9.47 Å². The minimum absolute atomic E-state index is 0.0361. The Kier molecular flexibility index (Phi) is 6.33. The summed E-state index contributed by atoms with van der Waals surface area (Å²) in [6, 6.07) is 19.9. The first-order valence-electron chi connectivity index (χ1n) is 11.8. The molecule has 2 heterocycles. The number of rotatable bonds is 5. The van der Waals surface area contributed by atoms with Gasteiger partial charge < -0.3 is 23.8 Å². The molecule has 0 spiro atoms. The lowest BCUT2D eigenvalue weighted by Crippen LogP contribution is -2.51. The Morgan fingerprint density at radius 2 is 1.36 bits per heavy atom. The van der Waals surface area contributed by atoms with E-state index in [1.807, 2.05) is 41.0 Å². The molecule has 0 aliphatic carbocycles. The first kappa shape index (κ1) is 23.4. The van der Waals surface area contributed by atoms with Crippen molar-refractivity contribution in [3.8, 4) is 11.5 Å². The molecule has 1 fully saturated rings. The molecule has 36 heavy (non-hydrogen) atoms. The monoisotopic (exact) mass is 485 g/mol. The SMILES string of the molecule is COc1ccc(C(=O)N2CCN(C(=O)Cn3c4ccccc4c(=O)c4ccccc43)CC2)c(OC)c1. The highest BCUT2D eigenvalue weighted by atomic mass is 16.5. The number of aromatic nitrogens is 1. The summed E-state index contributed by atoms with van der Waals surface area (Å²) in [5, 5.41) is 1.18. The van der Waals surface area contributed by atoms with Crippen molar-refractivity contribution in [2.24, 2.45) is 0 Å². The van der Waals surface area contributed by atoms with Crippen LogP contribution in [0.25, 0.3) is 21.8 Å². The molecule has 0 unspecified atom stereocenters. The van der Waals surface area contributed by atoms with Gasteiger partial charge >= 0.3 is 0 Å². The Bertz CT molecular complexity index is 1460. The van der Waals surface area contributed by atoms with Crippen LogP contribution in [-0.2, 0) is 11.3 Å². The van der Waals surface area contributed by atoms with Crippen molar-refractivity contribution in [1.29, 1.82) is 0 Å². The van der Waals surface area contributed by atoms with E-state index in [-0.39, 0.29) is 23.8 Å². The van der Waals surface area contributed by atoms with Crippen LogP contribution in [0, 0.1) is 0 Å². The van der Waals surface area contributed by atoms with Gasteiger partial charge in [-0.25, -0.2) is 0 Å². The summed E-state index contributed by atoms with van der Waals surface area (Å²) < 4.78 is 12.5. The highest BCUT2D eigenvalue weighted by Crippen LogP contribution is 2.26. The minimum atomic E-state index is -0.140. The number of ether oxygens (including phenoxy) is 2. The molecule has 5 rings (SSSR count). The van der Waals surface area contributed by atoms with Gasteiger partial charge in [0.15, 0.2) is 5.43 Å². The van der Waals surface area contributed by atoms with Gasteiger partial charge in [-0.15, -0.1) is 0 Å². The number of hydrogen-bond donors (Lipinski definition) is 0. The third-order valence-electron chi connectivity index (χ3n) is 6.73. The van der Waals surface area contributed by atoms with E-state index in [1.165, 1.54) is 7.11 Å². The van der Waals surface area contributed by atoms with Crippen LogP contribution in [0.2, 0.25) is 0 Å². The van der Waals surface area contributed by atoms with Gasteiger partial charge in [0.2, 0.25) is 5.91 Å². The fourth-order valence-corrected chi connectivity index (χ4v) is 4.79. The quantitative estimate of drug-likeness (QED) is 0.406. The zero-order valence-electron chi connectivity index (χ0n) is 20.3. The maximum atomic E-state index is 13.3. The molecule has 0 bridgehead atoms. The number of para-hydroxylation sites is 2. The van der Waals surface area contributed by atoms with Crippen LogP contribution in [0.4, 0.5) is 0 Å². The Balaban J connectivity index is 1.34. The first-order chi connectivity index (χ1) is 17.5. The van der Waals surface area contributed by atoms with E-state index in [0.717, 1.165) is 11.0 Å². The molecule has 0 radical (unpaired) electrons. The predicted octanol–water partition coefficient (Wildman–Crippen LogP) is 3.16. The Hall–Kier alpha value is -4.33. The summed E-state index contributed by atoms with van der Waals surface area (Å²) in [7, 11) is 3.08. The van der Waals surface area contributed by atoms with Crippen LogP contribution in [0.1, 0.15) is 10.4 Å². The number of methoxy groups -OCH3 is 2. The highest BCUT2D eigenvalue weighted by Gasteiger charge is 2.27. The van der Waals surface area contributed by atoms with Crippen LogP contribution < -0.4 is 14.9 Å². The average Bonchev–Trinajstić information content (AvgIpc) is 2.94. The van der Waals surface area contributed by atoms with Gasteiger partial charge in [-0.2, -0.15) is 0 Å². The summed E-state index contributed by atoms with van der Waals surface area (Å²) in [6.45, 7) is 1.82. The third kappa shape index (κ3) is 4.15. The molecule has 0 N–H and O–H groups in total. The number of carbonyl (C=O) groups is 2. The van der Waals surface area contributed by atoms with Crippen molar-refractivity contribution < 1.29 is 19.1 Å². The van der Waals surface area contributed by atoms with E-state index in [0.29, 0.717) is 54.0 Å². The van der Waals surface area contributed by atoms with Crippen molar-refractivity contribution >= 4 is 33.6 Å². The molecule has 0 saturated carbocycles. The number of hydrogen-bond acceptors (Lipinski definition) is 5. The van der Waals surface area contributed by atoms with Gasteiger partial charge in [0.05, 0.1) is 30.8 Å². The summed E-state index contributed by atoms with van der Waals surface area (Å²) in [5.74, 6) is 0.873. The number of nitrogens with zero attached hydrogens (tertiary/aromatic N) is 3. The summed E-state index contributed by atoms with van der Waals surface area (Å²) in [4.78, 5) is 43.0. The summed E-state index contributed by atoms with van der Waals surface area (Å²) in [5.41, 5.74) is 1.89. The zero-order chi connectivity index (χ0) is 25.2. The Morgan fingerprint density at radius 3 is 1.94 bits per heavy atom. The minimum Gasteiger partial charge on any atom is -0.497 e. The zero-order valence-corrected chi connectivity index (χ0v) is 20.3. The lowest BCUT2D eigenvalue weighted by Gasteiger charge is -2.35. The van der Waals surface area contributed by atoms with Crippen molar-refractivity contribution in [2.75, 3.05) is 40.4 Å². The van der Waals surface area contributed by atoms with Crippen molar-refractivity contribution in [1.82, 2.24) is 14.4 Å². The van der Waals surface area contributed by atoms with E-state index in [9.17, 15) is 14.4 Å². The largest absolute Gasteiger partial charge is 0.497 e. The fourth-order valence-electron chi connectivity index (χ4n) is 4.79. The smallest absolute Gasteiger partial charge is 0.257 e. The molecule has 1 aliphatic heterocycles. The topological polar surface area (TPSA) is 81.1 Å². The number of fused-ring (bicyclic) bond motifs is 2. The number of carbonyl (C=O) groups excluding carboxylic acids is 2. The van der Waals surface area contributed by atoms with E-state index in [2.05, 4.69) is 0 Å². The third-order valence-corrected chi connectivity index (χ3v) is 6.73. The lowest BCUT2D eigenvalue weighted by atomic mass is 10.1. The van der Waals surface area contributed by atoms with Crippen LogP contribution in [0.5, 0.6) is 11.5 Å². The van der Waals surface area contributed by atoms with Gasteiger partial charge in [-0.3, -0.25) is 14.4 Å². The van der Waals surface area contributed by atoms with E-state index >= 15 is 0 Å². The molecule has 8 nitrogen and oxygen atoms in total. The standard InChI is InChI=1S/C28H27N3O5/c1-35-19-11-12-22(25(17-19)36-2)28(34)30-15-13-29(14-16-30)26(32)18-31-23-9-5-3-7-20(23)27(33)21-8-4-6-10-24(21)31/h3-12,17H,13-16,18H2,1-2H3. The van der Waals surface area contributed by atoms with E-state index < -0.39 is 0 Å². The molecule has 1 aliphatic rings. The summed E-state index contributed by atoms with van der Waals surface area (Å²) in [6.07, 6.45) is 0. The van der Waals surface area contributed by atoms with Gasteiger partial charge in [-0.1, -0.05) is 24.3 Å². The first-order valence-corrected chi connectivity index (χ1v) is 11.8. The second-order valence-corrected chi connectivity index (χ2v) is 8.69. The van der Waals surface area contributed by atoms with Gasteiger partial charge in [-0.05, 0) is 36.4 Å². The average molecular weight is 486 g/mol. The maximum absolute atomic E-state index is 13.3. The highest BCUT2D eigenvalue weighted by molar-refractivity contribution is 5.97. The lowest BCUT2D eigenvalue weighted by molar-refractivity contribution is -0.133. The second-order valence-electron chi connectivity index (χ2n) is 8.69. The Labute approximate surface area is 208 Å². The molecule has 1 saturated heterocycles. The number of benzene rings is 3. The Morgan fingerprint density at radius 1 is 0.778 bits per heavy atom. The molecular weight excluding hydrogens is 458 g/mol. The van der Waals surface area contributed by atoms with Crippen LogP contribution in [-0.4, -0.2) is 66.6 Å². The maximum Gasteiger partial charge on any atom is 0.257 e. The van der Waals surface area contributed by atoms with Gasteiger partial charge in [0.25, 0.3) is 5.91 Å². The number of pyridine rings is 1. The number of amides is 2. The molecule has 2 amide bonds. The second kappa shape index (κ2) is 9.73. The van der Waals surface area contributed by atoms with Crippen molar-refractivity contribution in [3.63, 3.8) is 0 Å². The van der Waals surface area contributed by atoms with Crippen LogP contribution >= 0.6 is 0 Å². The molecular formula is C28H27N3O5. The summed E-state index contributed by atoms with van der Waals surface area (Å²) >= 11 is 0. The molecule has 1 aromatic heterocycles. The fraction of sp³-hybridized carbons (Fsp3) is 0.250. The van der Waals surface area contributed by atoms with Gasteiger partial charge in [0, 0.05) is 43.0 Å². The van der Waals surface area contributed by atoms with Crippen LogP contribution in [0.3, 0.4) is 0 Å². The molecule has 0 atom stereocenters. The van der Waals surface area contributed by atoms with Crippen molar-refractivity contribution in [3.05, 3.63) is 82.5 Å². The predicted molar refractivity (Wildman–Crippen MR) is 138 cm³/mol. The molecule has 8 heteroatoms. The molecule has 4 aromatic rings. The van der Waals surface area contributed by atoms with Gasteiger partial charge in [0.1, 0.15) is 18.0 Å². The normalized spacial score (nSPS) is 13.7. The number of piperazine rings is 1.